The molecule has 1 amide bonds. The van der Waals surface area contributed by atoms with Crippen LogP contribution in [0.5, 0.6) is 5.75 Å². The van der Waals surface area contributed by atoms with Crippen molar-refractivity contribution in [1.82, 2.24) is 5.43 Å². The van der Waals surface area contributed by atoms with Crippen LogP contribution >= 0.6 is 22.6 Å². The Hall–Kier alpha value is -2.41. The van der Waals surface area contributed by atoms with E-state index in [1.807, 2.05) is 36.4 Å². The molecule has 3 rings (SSSR count). The van der Waals surface area contributed by atoms with E-state index in [9.17, 15) is 4.79 Å². The molecule has 0 heterocycles. The summed E-state index contributed by atoms with van der Waals surface area (Å²) < 4.78 is 7.00. The van der Waals surface area contributed by atoms with E-state index in [1.54, 1.807) is 6.21 Å². The Labute approximate surface area is 160 Å². The number of fused-ring (bicyclic) bond motifs is 1. The van der Waals surface area contributed by atoms with Gasteiger partial charge in [0.2, 0.25) is 5.91 Å². The largest absolute Gasteiger partial charge is 0.488 e. The lowest BCUT2D eigenvalue weighted by Gasteiger charge is -2.11. The molecular formula is C20H17IN2O2. The molecule has 0 fully saturated rings. The molecule has 4 nitrogen and oxygen atoms in total. The zero-order valence-electron chi connectivity index (χ0n) is 13.7. The highest BCUT2D eigenvalue weighted by atomic mass is 127. The zero-order valence-corrected chi connectivity index (χ0v) is 15.9. The number of nitrogens with one attached hydrogen (secondary N) is 1. The fraction of sp³-hybridized carbons (Fsp3) is 0.100. The van der Waals surface area contributed by atoms with Gasteiger partial charge < -0.3 is 4.74 Å². The Bertz CT molecular complexity index is 933. The minimum Gasteiger partial charge on any atom is -0.488 e. The van der Waals surface area contributed by atoms with Gasteiger partial charge in [0, 0.05) is 6.92 Å². The number of ether oxygens (including phenoxy) is 1. The van der Waals surface area contributed by atoms with Crippen molar-refractivity contribution in [3.05, 3.63) is 75.4 Å². The molecule has 0 radical (unpaired) electrons. The van der Waals surface area contributed by atoms with Crippen molar-refractivity contribution in [2.45, 2.75) is 13.5 Å². The fourth-order valence-electron chi connectivity index (χ4n) is 2.49. The van der Waals surface area contributed by atoms with Crippen LogP contribution in [0.1, 0.15) is 18.1 Å². The van der Waals surface area contributed by atoms with Crippen molar-refractivity contribution >= 4 is 45.5 Å². The van der Waals surface area contributed by atoms with Crippen LogP contribution in [0.15, 0.2) is 65.8 Å². The quantitative estimate of drug-likeness (QED) is 0.358. The third-order valence-corrected chi connectivity index (χ3v) is 4.50. The van der Waals surface area contributed by atoms with E-state index in [4.69, 9.17) is 4.74 Å². The Balaban J connectivity index is 1.73. The van der Waals surface area contributed by atoms with E-state index in [-0.39, 0.29) is 5.91 Å². The van der Waals surface area contributed by atoms with Crippen molar-refractivity contribution in [3.8, 4) is 5.75 Å². The van der Waals surface area contributed by atoms with Gasteiger partial charge in [0.15, 0.2) is 0 Å². The van der Waals surface area contributed by atoms with Crippen LogP contribution in [0.4, 0.5) is 0 Å². The van der Waals surface area contributed by atoms with E-state index >= 15 is 0 Å². The first-order chi connectivity index (χ1) is 12.1. The summed E-state index contributed by atoms with van der Waals surface area (Å²) in [7, 11) is 0. The SMILES string of the molecule is CC(=O)N/N=C\c1ccc(OCc2cccc3ccccc23)c(I)c1. The van der Waals surface area contributed by atoms with Gasteiger partial charge in [-0.05, 0) is 62.7 Å². The fourth-order valence-corrected chi connectivity index (χ4v) is 3.18. The number of hydrogen-bond acceptors (Lipinski definition) is 3. The van der Waals surface area contributed by atoms with Crippen molar-refractivity contribution in [2.75, 3.05) is 0 Å². The van der Waals surface area contributed by atoms with Gasteiger partial charge in [0.05, 0.1) is 9.78 Å². The van der Waals surface area contributed by atoms with Gasteiger partial charge in [-0.15, -0.1) is 0 Å². The maximum absolute atomic E-state index is 10.8. The predicted octanol–water partition coefficient (Wildman–Crippen LogP) is 4.49. The van der Waals surface area contributed by atoms with Crippen molar-refractivity contribution < 1.29 is 9.53 Å². The maximum Gasteiger partial charge on any atom is 0.236 e. The average Bonchev–Trinajstić information content (AvgIpc) is 2.61. The molecule has 3 aromatic carbocycles. The molecule has 0 saturated heterocycles. The van der Waals surface area contributed by atoms with Crippen LogP contribution in [0.25, 0.3) is 10.8 Å². The molecule has 0 spiro atoms. The lowest BCUT2D eigenvalue weighted by atomic mass is 10.1. The monoisotopic (exact) mass is 444 g/mol. The average molecular weight is 444 g/mol. The minimum atomic E-state index is -0.194. The predicted molar refractivity (Wildman–Crippen MR) is 109 cm³/mol. The van der Waals surface area contributed by atoms with Crippen LogP contribution in [-0.4, -0.2) is 12.1 Å². The van der Waals surface area contributed by atoms with Gasteiger partial charge in [0.25, 0.3) is 0 Å². The minimum absolute atomic E-state index is 0.194. The number of carbonyl (C=O) groups excluding carboxylic acids is 1. The molecule has 0 aliphatic rings. The number of benzene rings is 3. The molecule has 3 aromatic rings. The molecule has 0 bridgehead atoms. The lowest BCUT2D eigenvalue weighted by Crippen LogP contribution is -2.12. The number of hydrazone groups is 1. The molecule has 0 aromatic heterocycles. The Morgan fingerprint density at radius 2 is 1.96 bits per heavy atom. The van der Waals surface area contributed by atoms with E-state index in [2.05, 4.69) is 57.4 Å². The number of carbonyl (C=O) groups is 1. The first kappa shape index (κ1) is 17.4. The summed E-state index contributed by atoms with van der Waals surface area (Å²) in [5.74, 6) is 0.631. The normalized spacial score (nSPS) is 11.0. The number of amides is 1. The van der Waals surface area contributed by atoms with Crippen molar-refractivity contribution in [3.63, 3.8) is 0 Å². The van der Waals surface area contributed by atoms with Crippen LogP contribution < -0.4 is 10.2 Å². The second-order valence-corrected chi connectivity index (χ2v) is 6.71. The van der Waals surface area contributed by atoms with Crippen molar-refractivity contribution in [2.24, 2.45) is 5.10 Å². The molecule has 126 valence electrons. The third-order valence-electron chi connectivity index (χ3n) is 3.65. The molecule has 0 atom stereocenters. The van der Waals surface area contributed by atoms with Gasteiger partial charge in [0.1, 0.15) is 12.4 Å². The molecular weight excluding hydrogens is 427 g/mol. The van der Waals surface area contributed by atoms with Crippen LogP contribution in [0, 0.1) is 3.57 Å². The molecule has 0 saturated carbocycles. The third kappa shape index (κ3) is 4.57. The number of hydrogen-bond donors (Lipinski definition) is 1. The first-order valence-corrected chi connectivity index (χ1v) is 8.90. The van der Waals surface area contributed by atoms with Crippen LogP contribution in [-0.2, 0) is 11.4 Å². The van der Waals surface area contributed by atoms with Gasteiger partial charge in [-0.25, -0.2) is 5.43 Å². The number of halogens is 1. The van der Waals surface area contributed by atoms with Gasteiger partial charge in [-0.2, -0.15) is 5.10 Å². The highest BCUT2D eigenvalue weighted by Crippen LogP contribution is 2.24. The Morgan fingerprint density at radius 1 is 1.16 bits per heavy atom. The summed E-state index contributed by atoms with van der Waals surface area (Å²) in [5.41, 5.74) is 4.44. The number of nitrogens with zero attached hydrogens (tertiary/aromatic N) is 1. The maximum atomic E-state index is 10.8. The van der Waals surface area contributed by atoms with Gasteiger partial charge >= 0.3 is 0 Å². The van der Waals surface area contributed by atoms with E-state index in [0.29, 0.717) is 6.61 Å². The molecule has 0 aliphatic heterocycles. The first-order valence-electron chi connectivity index (χ1n) is 7.82. The molecule has 0 unspecified atom stereocenters. The van der Waals surface area contributed by atoms with Crippen LogP contribution in [0.2, 0.25) is 0 Å². The smallest absolute Gasteiger partial charge is 0.236 e. The highest BCUT2D eigenvalue weighted by molar-refractivity contribution is 14.1. The Kier molecular flexibility index (Phi) is 5.65. The highest BCUT2D eigenvalue weighted by Gasteiger charge is 2.05. The molecule has 0 aliphatic carbocycles. The summed E-state index contributed by atoms with van der Waals surface area (Å²) >= 11 is 2.24. The van der Waals surface area contributed by atoms with E-state index in [0.717, 1.165) is 20.4 Å². The lowest BCUT2D eigenvalue weighted by molar-refractivity contribution is -0.118. The summed E-state index contributed by atoms with van der Waals surface area (Å²) in [5, 5.41) is 6.29. The second kappa shape index (κ2) is 8.11. The summed E-state index contributed by atoms with van der Waals surface area (Å²) in [6.07, 6.45) is 1.61. The summed E-state index contributed by atoms with van der Waals surface area (Å²) in [4.78, 5) is 10.8. The topological polar surface area (TPSA) is 50.7 Å². The molecule has 5 heteroatoms. The standard InChI is InChI=1S/C20H17IN2O2/c1-14(24)23-22-12-15-9-10-20(19(21)11-15)25-13-17-7-4-6-16-5-2-3-8-18(16)17/h2-12H,13H2,1H3,(H,23,24)/b22-12-. The van der Waals surface area contributed by atoms with Crippen molar-refractivity contribution in [1.29, 1.82) is 0 Å². The number of rotatable bonds is 5. The zero-order chi connectivity index (χ0) is 17.6. The van der Waals surface area contributed by atoms with Gasteiger partial charge in [-0.1, -0.05) is 42.5 Å². The van der Waals surface area contributed by atoms with E-state index < -0.39 is 0 Å². The summed E-state index contributed by atoms with van der Waals surface area (Å²) in [6.45, 7) is 1.93. The van der Waals surface area contributed by atoms with E-state index in [1.165, 1.54) is 17.7 Å². The van der Waals surface area contributed by atoms with Gasteiger partial charge in [-0.3, -0.25) is 4.79 Å². The second-order valence-electron chi connectivity index (χ2n) is 5.54. The Morgan fingerprint density at radius 3 is 2.76 bits per heavy atom. The molecule has 1 N–H and O–H groups in total. The van der Waals surface area contributed by atoms with Crippen LogP contribution in [0.3, 0.4) is 0 Å². The molecule has 25 heavy (non-hydrogen) atoms. The summed E-state index contributed by atoms with van der Waals surface area (Å²) in [6, 6.07) is 20.3.